The number of H-pyrrole nitrogens is 1. The minimum absolute atomic E-state index is 0.758. The first-order chi connectivity index (χ1) is 6.38. The van der Waals surface area contributed by atoms with Gasteiger partial charge in [0, 0.05) is 13.1 Å². The third kappa shape index (κ3) is 1.87. The van der Waals surface area contributed by atoms with E-state index in [-0.39, 0.29) is 0 Å². The molecule has 4 nitrogen and oxygen atoms in total. The number of ether oxygens (including phenoxy) is 1. The maximum atomic E-state index is 5.29. The molecule has 0 aromatic carbocycles. The number of hydrogen-bond donors (Lipinski definition) is 1. The molecule has 2 heterocycles. The highest BCUT2D eigenvalue weighted by Gasteiger charge is 2.15. The summed E-state index contributed by atoms with van der Waals surface area (Å²) in [6, 6.07) is 0. The predicted octanol–water partition coefficient (Wildman–Crippen LogP) is 0.417. The number of aromatic nitrogens is 2. The Bertz CT molecular complexity index is 280. The molecule has 0 unspecified atom stereocenters. The van der Waals surface area contributed by atoms with Gasteiger partial charge in [-0.1, -0.05) is 12.2 Å². The summed E-state index contributed by atoms with van der Waals surface area (Å²) in [5.41, 5.74) is 0.914. The van der Waals surface area contributed by atoms with Crippen LogP contribution in [-0.2, 0) is 4.74 Å². The number of morpholine rings is 1. The highest BCUT2D eigenvalue weighted by Crippen LogP contribution is 2.05. The summed E-state index contributed by atoms with van der Waals surface area (Å²) in [4.78, 5) is 9.90. The lowest BCUT2D eigenvalue weighted by Gasteiger charge is -2.28. The number of imidazole rings is 1. The molecule has 0 amide bonds. The van der Waals surface area contributed by atoms with Crippen molar-refractivity contribution in [3.05, 3.63) is 18.2 Å². The van der Waals surface area contributed by atoms with Crippen molar-refractivity contribution in [2.75, 3.05) is 26.3 Å². The Morgan fingerprint density at radius 2 is 2.31 bits per heavy atom. The number of aromatic amines is 1. The maximum absolute atomic E-state index is 5.29. The highest BCUT2D eigenvalue weighted by molar-refractivity contribution is 7.80. The van der Waals surface area contributed by atoms with Crippen LogP contribution in [0.5, 0.6) is 0 Å². The van der Waals surface area contributed by atoms with Gasteiger partial charge in [0.15, 0.2) is 0 Å². The fraction of sp³-hybridized carbons (Fsp3) is 0.500. The molecular formula is C8H11N3OS. The van der Waals surface area contributed by atoms with E-state index in [9.17, 15) is 0 Å². The molecule has 13 heavy (non-hydrogen) atoms. The molecule has 1 aliphatic rings. The zero-order chi connectivity index (χ0) is 9.10. The van der Waals surface area contributed by atoms with E-state index in [1.165, 1.54) is 0 Å². The van der Waals surface area contributed by atoms with E-state index in [0.717, 1.165) is 37.0 Å². The second kappa shape index (κ2) is 3.85. The predicted molar refractivity (Wildman–Crippen MR) is 52.7 cm³/mol. The minimum atomic E-state index is 0.758. The molecule has 0 radical (unpaired) electrons. The lowest BCUT2D eigenvalue weighted by atomic mass is 10.3. The smallest absolute Gasteiger partial charge is 0.127 e. The molecule has 1 saturated heterocycles. The first kappa shape index (κ1) is 8.65. The fourth-order valence-electron chi connectivity index (χ4n) is 1.31. The van der Waals surface area contributed by atoms with Crippen molar-refractivity contribution in [1.29, 1.82) is 0 Å². The van der Waals surface area contributed by atoms with Crippen LogP contribution in [0, 0.1) is 0 Å². The highest BCUT2D eigenvalue weighted by atomic mass is 32.1. The molecule has 1 fully saturated rings. The molecule has 0 spiro atoms. The van der Waals surface area contributed by atoms with Gasteiger partial charge in [0.25, 0.3) is 0 Å². The van der Waals surface area contributed by atoms with E-state index in [1.807, 2.05) is 0 Å². The average Bonchev–Trinajstić information content (AvgIpc) is 2.71. The van der Waals surface area contributed by atoms with Crippen LogP contribution >= 0.6 is 12.2 Å². The van der Waals surface area contributed by atoms with Crippen LogP contribution in [0.2, 0.25) is 0 Å². The molecule has 5 heteroatoms. The summed E-state index contributed by atoms with van der Waals surface area (Å²) < 4.78 is 5.24. The Morgan fingerprint density at radius 1 is 1.54 bits per heavy atom. The zero-order valence-electron chi connectivity index (χ0n) is 7.19. The molecule has 70 valence electrons. The van der Waals surface area contributed by atoms with Crippen LogP contribution in [0.15, 0.2) is 12.5 Å². The summed E-state index contributed by atoms with van der Waals surface area (Å²) in [7, 11) is 0. The molecular weight excluding hydrogens is 186 g/mol. The fourth-order valence-corrected chi connectivity index (χ4v) is 1.60. The summed E-state index contributed by atoms with van der Waals surface area (Å²) in [5, 5.41) is 0. The van der Waals surface area contributed by atoms with E-state index >= 15 is 0 Å². The average molecular weight is 197 g/mol. The lowest BCUT2D eigenvalue weighted by Crippen LogP contribution is -2.40. The normalized spacial score (nSPS) is 17.4. The summed E-state index contributed by atoms with van der Waals surface area (Å²) in [6.07, 6.45) is 3.39. The van der Waals surface area contributed by atoms with Crippen molar-refractivity contribution in [3.8, 4) is 0 Å². The van der Waals surface area contributed by atoms with Gasteiger partial charge in [-0.05, 0) is 0 Å². The maximum Gasteiger partial charge on any atom is 0.127 e. The van der Waals surface area contributed by atoms with Crippen LogP contribution in [0.4, 0.5) is 0 Å². The van der Waals surface area contributed by atoms with Crippen LogP contribution in [0.3, 0.4) is 0 Å². The van der Waals surface area contributed by atoms with Crippen molar-refractivity contribution < 1.29 is 4.74 Å². The van der Waals surface area contributed by atoms with Crippen LogP contribution in [0.25, 0.3) is 0 Å². The van der Waals surface area contributed by atoms with E-state index in [4.69, 9.17) is 17.0 Å². The molecule has 2 rings (SSSR count). The molecule has 0 bridgehead atoms. The van der Waals surface area contributed by atoms with Gasteiger partial charge in [-0.3, -0.25) is 0 Å². The van der Waals surface area contributed by atoms with E-state index in [1.54, 1.807) is 12.5 Å². The summed E-state index contributed by atoms with van der Waals surface area (Å²) in [6.45, 7) is 3.26. The third-order valence-electron chi connectivity index (χ3n) is 2.03. The quantitative estimate of drug-likeness (QED) is 0.662. The number of hydrogen-bond acceptors (Lipinski definition) is 3. The zero-order valence-corrected chi connectivity index (χ0v) is 8.01. The standard InChI is InChI=1S/C8H11N3OS/c13-8(7-5-9-6-10-7)11-1-3-12-4-2-11/h5-6H,1-4H2,(H,9,10). The van der Waals surface area contributed by atoms with Crippen LogP contribution < -0.4 is 0 Å². The van der Waals surface area contributed by atoms with Gasteiger partial charge in [-0.2, -0.15) is 0 Å². The Balaban J connectivity index is 2.04. The number of nitrogens with one attached hydrogen (secondary N) is 1. The third-order valence-corrected chi connectivity index (χ3v) is 2.51. The van der Waals surface area contributed by atoms with Gasteiger partial charge in [-0.25, -0.2) is 4.98 Å². The van der Waals surface area contributed by atoms with Crippen molar-refractivity contribution in [1.82, 2.24) is 14.9 Å². The van der Waals surface area contributed by atoms with Crippen molar-refractivity contribution >= 4 is 17.2 Å². The molecule has 1 aromatic rings. The second-order valence-electron chi connectivity index (χ2n) is 2.87. The van der Waals surface area contributed by atoms with Gasteiger partial charge in [0.1, 0.15) is 4.99 Å². The van der Waals surface area contributed by atoms with Crippen LogP contribution in [-0.4, -0.2) is 46.2 Å². The molecule has 1 N–H and O–H groups in total. The van der Waals surface area contributed by atoms with Gasteiger partial charge >= 0.3 is 0 Å². The summed E-state index contributed by atoms with van der Waals surface area (Å²) in [5.74, 6) is 0. The Hall–Kier alpha value is -0.940. The van der Waals surface area contributed by atoms with E-state index in [2.05, 4.69) is 14.9 Å². The van der Waals surface area contributed by atoms with Gasteiger partial charge < -0.3 is 14.6 Å². The van der Waals surface area contributed by atoms with Crippen molar-refractivity contribution in [2.45, 2.75) is 0 Å². The molecule has 0 atom stereocenters. The Morgan fingerprint density at radius 3 is 2.92 bits per heavy atom. The van der Waals surface area contributed by atoms with Crippen molar-refractivity contribution in [3.63, 3.8) is 0 Å². The Labute approximate surface area is 81.9 Å². The molecule has 1 aromatic heterocycles. The molecule has 1 aliphatic heterocycles. The van der Waals surface area contributed by atoms with E-state index < -0.39 is 0 Å². The Kier molecular flexibility index (Phi) is 2.56. The minimum Gasteiger partial charge on any atom is -0.378 e. The van der Waals surface area contributed by atoms with Gasteiger partial charge in [0.2, 0.25) is 0 Å². The van der Waals surface area contributed by atoms with E-state index in [0.29, 0.717) is 0 Å². The number of rotatable bonds is 1. The monoisotopic (exact) mass is 197 g/mol. The SMILES string of the molecule is S=C(c1cnc[nH]1)N1CCOCC1. The molecule has 0 aliphatic carbocycles. The molecule has 0 saturated carbocycles. The van der Waals surface area contributed by atoms with Gasteiger partial charge in [0.05, 0.1) is 31.4 Å². The van der Waals surface area contributed by atoms with Crippen LogP contribution in [0.1, 0.15) is 5.69 Å². The number of thiocarbonyl (C=S) groups is 1. The lowest BCUT2D eigenvalue weighted by molar-refractivity contribution is 0.0692. The topological polar surface area (TPSA) is 41.2 Å². The largest absolute Gasteiger partial charge is 0.378 e. The number of nitrogens with zero attached hydrogens (tertiary/aromatic N) is 2. The van der Waals surface area contributed by atoms with Gasteiger partial charge in [-0.15, -0.1) is 0 Å². The first-order valence-corrected chi connectivity index (χ1v) is 4.64. The summed E-state index contributed by atoms with van der Waals surface area (Å²) >= 11 is 5.29. The second-order valence-corrected chi connectivity index (χ2v) is 3.26. The van der Waals surface area contributed by atoms with Crippen molar-refractivity contribution in [2.24, 2.45) is 0 Å². The first-order valence-electron chi connectivity index (χ1n) is 4.23.